The van der Waals surface area contributed by atoms with Crippen molar-refractivity contribution in [1.82, 2.24) is 10.6 Å². The highest BCUT2D eigenvalue weighted by molar-refractivity contribution is 5.95. The van der Waals surface area contributed by atoms with E-state index in [4.69, 9.17) is 0 Å². The van der Waals surface area contributed by atoms with Crippen molar-refractivity contribution in [2.75, 3.05) is 38.1 Å². The van der Waals surface area contributed by atoms with Crippen LogP contribution in [0.4, 0.5) is 5.69 Å². The number of benzene rings is 1. The van der Waals surface area contributed by atoms with Gasteiger partial charge in [-0.15, -0.1) is 0 Å². The molecule has 1 amide bonds. The quantitative estimate of drug-likeness (QED) is 0.696. The predicted octanol–water partition coefficient (Wildman–Crippen LogP) is -0.124. The standard InChI is InChI=1S/C13H19N3O2/c1-14-8-12(17)10-3-2-4-11(7-10)16-6-5-15-9-13(16)18/h2-4,7,12,14-15,17H,5-6,8-9H2,1H3. The van der Waals surface area contributed by atoms with Gasteiger partial charge >= 0.3 is 0 Å². The van der Waals surface area contributed by atoms with E-state index in [0.29, 0.717) is 19.6 Å². The predicted molar refractivity (Wildman–Crippen MR) is 70.6 cm³/mol. The molecule has 1 atom stereocenters. The van der Waals surface area contributed by atoms with Crippen molar-refractivity contribution in [1.29, 1.82) is 0 Å². The molecule has 0 saturated carbocycles. The Labute approximate surface area is 107 Å². The molecule has 1 unspecified atom stereocenters. The van der Waals surface area contributed by atoms with Crippen LogP contribution in [0.2, 0.25) is 0 Å². The van der Waals surface area contributed by atoms with Gasteiger partial charge in [0.05, 0.1) is 12.6 Å². The fraction of sp³-hybridized carbons (Fsp3) is 0.462. The minimum absolute atomic E-state index is 0.0708. The summed E-state index contributed by atoms with van der Waals surface area (Å²) in [6.07, 6.45) is -0.548. The number of hydrogen-bond donors (Lipinski definition) is 3. The van der Waals surface area contributed by atoms with Crippen LogP contribution in [0.25, 0.3) is 0 Å². The van der Waals surface area contributed by atoms with Gasteiger partial charge in [-0.3, -0.25) is 4.79 Å². The fourth-order valence-electron chi connectivity index (χ4n) is 2.09. The fourth-order valence-corrected chi connectivity index (χ4v) is 2.09. The van der Waals surface area contributed by atoms with Gasteiger partial charge < -0.3 is 20.6 Å². The Balaban J connectivity index is 2.18. The van der Waals surface area contributed by atoms with Crippen LogP contribution in [0, 0.1) is 0 Å². The third-order valence-corrected chi connectivity index (χ3v) is 3.05. The van der Waals surface area contributed by atoms with Gasteiger partial charge in [0.2, 0.25) is 5.91 Å². The first kappa shape index (κ1) is 13.0. The zero-order chi connectivity index (χ0) is 13.0. The van der Waals surface area contributed by atoms with Gasteiger partial charge in [0.1, 0.15) is 0 Å². The Morgan fingerprint density at radius 2 is 2.39 bits per heavy atom. The summed E-state index contributed by atoms with van der Waals surface area (Å²) in [4.78, 5) is 13.5. The zero-order valence-electron chi connectivity index (χ0n) is 10.5. The molecule has 98 valence electrons. The molecule has 1 aliphatic heterocycles. The largest absolute Gasteiger partial charge is 0.387 e. The van der Waals surface area contributed by atoms with Crippen LogP contribution < -0.4 is 15.5 Å². The van der Waals surface area contributed by atoms with Crippen molar-refractivity contribution in [2.45, 2.75) is 6.10 Å². The molecule has 5 heteroatoms. The van der Waals surface area contributed by atoms with E-state index in [1.165, 1.54) is 0 Å². The third kappa shape index (κ3) is 2.87. The van der Waals surface area contributed by atoms with Gasteiger partial charge in [-0.25, -0.2) is 0 Å². The Bertz CT molecular complexity index is 422. The van der Waals surface area contributed by atoms with Crippen LogP contribution in [0.1, 0.15) is 11.7 Å². The number of likely N-dealkylation sites (N-methyl/N-ethyl adjacent to an activating group) is 1. The zero-order valence-corrected chi connectivity index (χ0v) is 10.5. The highest BCUT2D eigenvalue weighted by Crippen LogP contribution is 2.21. The number of carbonyl (C=O) groups excluding carboxylic acids is 1. The molecule has 3 N–H and O–H groups in total. The summed E-state index contributed by atoms with van der Waals surface area (Å²) in [6, 6.07) is 7.53. The Hall–Kier alpha value is -1.43. The molecule has 0 spiro atoms. The summed E-state index contributed by atoms with van der Waals surface area (Å²) >= 11 is 0. The number of aliphatic hydroxyl groups excluding tert-OH is 1. The van der Waals surface area contributed by atoms with Gasteiger partial charge in [0, 0.05) is 25.3 Å². The summed E-state index contributed by atoms with van der Waals surface area (Å²) in [5.74, 6) is 0.0708. The number of aliphatic hydroxyl groups is 1. The second kappa shape index (κ2) is 5.95. The van der Waals surface area contributed by atoms with E-state index in [9.17, 15) is 9.90 Å². The van der Waals surface area contributed by atoms with Crippen LogP contribution in [-0.2, 0) is 4.79 Å². The number of amides is 1. The third-order valence-electron chi connectivity index (χ3n) is 3.05. The molecule has 1 aromatic carbocycles. The van der Waals surface area contributed by atoms with E-state index in [0.717, 1.165) is 17.8 Å². The Morgan fingerprint density at radius 1 is 1.56 bits per heavy atom. The lowest BCUT2D eigenvalue weighted by atomic mass is 10.1. The van der Waals surface area contributed by atoms with Gasteiger partial charge in [-0.1, -0.05) is 12.1 Å². The van der Waals surface area contributed by atoms with E-state index >= 15 is 0 Å². The lowest BCUT2D eigenvalue weighted by Crippen LogP contribution is -2.48. The highest BCUT2D eigenvalue weighted by Gasteiger charge is 2.19. The summed E-state index contributed by atoms with van der Waals surface area (Å²) in [6.45, 7) is 2.35. The highest BCUT2D eigenvalue weighted by atomic mass is 16.3. The number of piperazine rings is 1. The van der Waals surface area contributed by atoms with Crippen molar-refractivity contribution in [3.8, 4) is 0 Å². The molecule has 0 radical (unpaired) electrons. The summed E-state index contributed by atoms with van der Waals surface area (Å²) in [5, 5.41) is 15.9. The van der Waals surface area contributed by atoms with Crippen molar-refractivity contribution in [3.05, 3.63) is 29.8 Å². The number of hydrogen-bond acceptors (Lipinski definition) is 4. The summed E-state index contributed by atoms with van der Waals surface area (Å²) < 4.78 is 0. The molecule has 1 saturated heterocycles. The Kier molecular flexibility index (Phi) is 4.30. The van der Waals surface area contributed by atoms with Gasteiger partial charge in [0.15, 0.2) is 0 Å². The molecule has 1 heterocycles. The molecular formula is C13H19N3O2. The number of nitrogens with zero attached hydrogens (tertiary/aromatic N) is 1. The molecule has 0 aliphatic carbocycles. The molecule has 2 rings (SSSR count). The Morgan fingerprint density at radius 3 is 3.11 bits per heavy atom. The first-order valence-corrected chi connectivity index (χ1v) is 6.16. The van der Waals surface area contributed by atoms with Crippen LogP contribution in [0.3, 0.4) is 0 Å². The second-order valence-electron chi connectivity index (χ2n) is 4.39. The molecule has 0 bridgehead atoms. The van der Waals surface area contributed by atoms with Crippen LogP contribution in [-0.4, -0.2) is 44.2 Å². The van der Waals surface area contributed by atoms with E-state index in [1.54, 1.807) is 11.9 Å². The summed E-state index contributed by atoms with van der Waals surface area (Å²) in [7, 11) is 1.80. The van der Waals surface area contributed by atoms with E-state index in [1.807, 2.05) is 24.3 Å². The molecule has 5 nitrogen and oxygen atoms in total. The molecule has 1 aromatic rings. The normalized spacial score (nSPS) is 17.9. The van der Waals surface area contributed by atoms with E-state index < -0.39 is 6.10 Å². The molecular weight excluding hydrogens is 230 g/mol. The lowest BCUT2D eigenvalue weighted by molar-refractivity contribution is -0.118. The van der Waals surface area contributed by atoms with Crippen molar-refractivity contribution >= 4 is 11.6 Å². The first-order valence-electron chi connectivity index (χ1n) is 6.16. The van der Waals surface area contributed by atoms with Crippen molar-refractivity contribution < 1.29 is 9.90 Å². The van der Waals surface area contributed by atoms with Crippen molar-refractivity contribution in [2.24, 2.45) is 0 Å². The lowest BCUT2D eigenvalue weighted by Gasteiger charge is -2.28. The van der Waals surface area contributed by atoms with Gasteiger partial charge in [0.25, 0.3) is 0 Å². The van der Waals surface area contributed by atoms with Gasteiger partial charge in [-0.2, -0.15) is 0 Å². The average molecular weight is 249 g/mol. The summed E-state index contributed by atoms with van der Waals surface area (Å²) in [5.41, 5.74) is 1.68. The SMILES string of the molecule is CNCC(O)c1cccc(N2CCNCC2=O)c1. The monoisotopic (exact) mass is 249 g/mol. The minimum atomic E-state index is -0.548. The maximum Gasteiger partial charge on any atom is 0.240 e. The maximum absolute atomic E-state index is 11.8. The van der Waals surface area contributed by atoms with Crippen LogP contribution >= 0.6 is 0 Å². The second-order valence-corrected chi connectivity index (χ2v) is 4.39. The minimum Gasteiger partial charge on any atom is -0.387 e. The van der Waals surface area contributed by atoms with Crippen LogP contribution in [0.15, 0.2) is 24.3 Å². The number of rotatable bonds is 4. The van der Waals surface area contributed by atoms with Crippen molar-refractivity contribution in [3.63, 3.8) is 0 Å². The average Bonchev–Trinajstić information content (AvgIpc) is 2.40. The van der Waals surface area contributed by atoms with E-state index in [2.05, 4.69) is 10.6 Å². The molecule has 1 aliphatic rings. The number of nitrogens with one attached hydrogen (secondary N) is 2. The maximum atomic E-state index is 11.8. The van der Waals surface area contributed by atoms with Gasteiger partial charge in [-0.05, 0) is 24.7 Å². The number of anilines is 1. The first-order chi connectivity index (χ1) is 8.72. The molecule has 0 aromatic heterocycles. The van der Waals surface area contributed by atoms with Crippen LogP contribution in [0.5, 0.6) is 0 Å². The smallest absolute Gasteiger partial charge is 0.240 e. The number of carbonyl (C=O) groups is 1. The van der Waals surface area contributed by atoms with E-state index in [-0.39, 0.29) is 5.91 Å². The molecule has 18 heavy (non-hydrogen) atoms. The molecule has 1 fully saturated rings. The topological polar surface area (TPSA) is 64.6 Å².